The van der Waals surface area contributed by atoms with E-state index in [9.17, 15) is 4.79 Å². The van der Waals surface area contributed by atoms with Crippen LogP contribution in [0.3, 0.4) is 0 Å². The Labute approximate surface area is 87.9 Å². The van der Waals surface area contributed by atoms with Crippen LogP contribution in [0, 0.1) is 6.92 Å². The molecule has 0 unspecified atom stereocenters. The van der Waals surface area contributed by atoms with Crippen molar-refractivity contribution in [1.82, 2.24) is 0 Å². The molecule has 2 rings (SSSR count). The van der Waals surface area contributed by atoms with Crippen molar-refractivity contribution in [2.75, 3.05) is 5.32 Å². The van der Waals surface area contributed by atoms with Gasteiger partial charge < -0.3 is 11.1 Å². The average Bonchev–Trinajstić information content (AvgIpc) is 2.22. The summed E-state index contributed by atoms with van der Waals surface area (Å²) in [6, 6.07) is 11.3. The summed E-state index contributed by atoms with van der Waals surface area (Å²) in [7, 11) is 0. The molecule has 3 N–H and O–H groups in total. The molecule has 76 valence electrons. The number of rotatable bonds is 1. The van der Waals surface area contributed by atoms with Crippen molar-refractivity contribution in [2.24, 2.45) is 5.73 Å². The topological polar surface area (TPSA) is 55.1 Å². The van der Waals surface area contributed by atoms with E-state index in [2.05, 4.69) is 5.32 Å². The molecule has 0 aliphatic rings. The Morgan fingerprint density at radius 2 is 1.93 bits per heavy atom. The number of hydrogen-bond donors (Lipinski definition) is 2. The second-order valence-corrected chi connectivity index (χ2v) is 3.47. The zero-order valence-corrected chi connectivity index (χ0v) is 8.45. The number of primary amides is 1. The van der Waals surface area contributed by atoms with Crippen LogP contribution in [0.1, 0.15) is 5.56 Å². The highest BCUT2D eigenvalue weighted by Gasteiger charge is 2.05. The van der Waals surface area contributed by atoms with E-state index >= 15 is 0 Å². The first-order valence-electron chi connectivity index (χ1n) is 4.73. The number of amides is 2. The smallest absolute Gasteiger partial charge is 0.316 e. The molecule has 3 heteroatoms. The van der Waals surface area contributed by atoms with Crippen molar-refractivity contribution in [3.8, 4) is 0 Å². The van der Waals surface area contributed by atoms with Crippen LogP contribution in [-0.2, 0) is 0 Å². The lowest BCUT2D eigenvalue weighted by atomic mass is 10.0. The number of anilines is 1. The second kappa shape index (κ2) is 3.61. The van der Waals surface area contributed by atoms with Gasteiger partial charge >= 0.3 is 6.03 Å². The van der Waals surface area contributed by atoms with Crippen molar-refractivity contribution in [3.05, 3.63) is 42.0 Å². The molecule has 0 aliphatic carbocycles. The third kappa shape index (κ3) is 1.76. The van der Waals surface area contributed by atoms with Gasteiger partial charge in [-0.05, 0) is 17.9 Å². The van der Waals surface area contributed by atoms with Crippen LogP contribution in [0.5, 0.6) is 0 Å². The summed E-state index contributed by atoms with van der Waals surface area (Å²) in [5.74, 6) is 0. The van der Waals surface area contributed by atoms with Gasteiger partial charge in [-0.2, -0.15) is 0 Å². The van der Waals surface area contributed by atoms with E-state index in [4.69, 9.17) is 5.73 Å². The average molecular weight is 200 g/mol. The van der Waals surface area contributed by atoms with Crippen LogP contribution in [0.2, 0.25) is 0 Å². The molecule has 2 aromatic carbocycles. The van der Waals surface area contributed by atoms with Gasteiger partial charge in [0.2, 0.25) is 0 Å². The Hall–Kier alpha value is -2.03. The number of hydrogen-bond acceptors (Lipinski definition) is 1. The second-order valence-electron chi connectivity index (χ2n) is 3.47. The SMILES string of the molecule is Cc1ccc2ccccc2c1NC(N)=O. The minimum absolute atomic E-state index is 0.533. The van der Waals surface area contributed by atoms with E-state index in [1.165, 1.54) is 0 Å². The van der Waals surface area contributed by atoms with E-state index in [1.54, 1.807) is 0 Å². The Balaban J connectivity index is 2.68. The molecule has 0 heterocycles. The van der Waals surface area contributed by atoms with Gasteiger partial charge in [-0.1, -0.05) is 36.4 Å². The molecule has 0 aromatic heterocycles. The molecule has 0 aliphatic heterocycles. The fraction of sp³-hybridized carbons (Fsp3) is 0.0833. The van der Waals surface area contributed by atoms with Gasteiger partial charge in [0.1, 0.15) is 0 Å². The number of fused-ring (bicyclic) bond motifs is 1. The highest BCUT2D eigenvalue weighted by atomic mass is 16.2. The zero-order valence-electron chi connectivity index (χ0n) is 8.45. The van der Waals surface area contributed by atoms with Crippen LogP contribution in [0.15, 0.2) is 36.4 Å². The predicted molar refractivity (Wildman–Crippen MR) is 61.9 cm³/mol. The van der Waals surface area contributed by atoms with E-state index in [0.717, 1.165) is 22.0 Å². The Kier molecular flexibility index (Phi) is 2.29. The number of nitrogens with one attached hydrogen (secondary N) is 1. The summed E-state index contributed by atoms with van der Waals surface area (Å²) in [6.07, 6.45) is 0. The van der Waals surface area contributed by atoms with Gasteiger partial charge in [0.25, 0.3) is 0 Å². The Morgan fingerprint density at radius 1 is 1.20 bits per heavy atom. The fourth-order valence-corrected chi connectivity index (χ4v) is 1.67. The monoisotopic (exact) mass is 200 g/mol. The molecule has 0 spiro atoms. The summed E-state index contributed by atoms with van der Waals surface area (Å²) in [5, 5.41) is 4.76. The van der Waals surface area contributed by atoms with Gasteiger partial charge in [0.05, 0.1) is 5.69 Å². The first-order chi connectivity index (χ1) is 7.18. The van der Waals surface area contributed by atoms with Crippen molar-refractivity contribution in [3.63, 3.8) is 0 Å². The molecule has 15 heavy (non-hydrogen) atoms. The van der Waals surface area contributed by atoms with Gasteiger partial charge in [-0.15, -0.1) is 0 Å². The van der Waals surface area contributed by atoms with Crippen molar-refractivity contribution in [2.45, 2.75) is 6.92 Å². The maximum atomic E-state index is 10.9. The third-order valence-corrected chi connectivity index (χ3v) is 2.39. The molecule has 0 fully saturated rings. The Bertz CT molecular complexity index is 520. The number of urea groups is 1. The minimum Gasteiger partial charge on any atom is -0.351 e. The largest absolute Gasteiger partial charge is 0.351 e. The van der Waals surface area contributed by atoms with Gasteiger partial charge in [0, 0.05) is 5.39 Å². The maximum Gasteiger partial charge on any atom is 0.316 e. The van der Waals surface area contributed by atoms with Crippen LogP contribution < -0.4 is 11.1 Å². The molecule has 3 nitrogen and oxygen atoms in total. The van der Waals surface area contributed by atoms with Crippen LogP contribution in [-0.4, -0.2) is 6.03 Å². The number of nitrogens with two attached hydrogens (primary N) is 1. The minimum atomic E-state index is -0.533. The summed E-state index contributed by atoms with van der Waals surface area (Å²) in [5.41, 5.74) is 6.93. The quantitative estimate of drug-likeness (QED) is 0.730. The summed E-state index contributed by atoms with van der Waals surface area (Å²) >= 11 is 0. The van der Waals surface area contributed by atoms with E-state index in [0.29, 0.717) is 0 Å². The van der Waals surface area contributed by atoms with E-state index in [1.807, 2.05) is 43.3 Å². The van der Waals surface area contributed by atoms with Crippen LogP contribution >= 0.6 is 0 Å². The predicted octanol–water partition coefficient (Wildman–Crippen LogP) is 2.64. The highest BCUT2D eigenvalue weighted by molar-refractivity contribution is 6.02. The van der Waals surface area contributed by atoms with Crippen molar-refractivity contribution >= 4 is 22.5 Å². The molecule has 2 amide bonds. The molecule has 0 radical (unpaired) electrons. The normalized spacial score (nSPS) is 10.2. The standard InChI is InChI=1S/C12H12N2O/c1-8-6-7-9-4-2-3-5-10(9)11(8)14-12(13)15/h2-7H,1H3,(H3,13,14,15). The maximum absolute atomic E-state index is 10.9. The third-order valence-electron chi connectivity index (χ3n) is 2.39. The van der Waals surface area contributed by atoms with Crippen LogP contribution in [0.25, 0.3) is 10.8 Å². The van der Waals surface area contributed by atoms with Gasteiger partial charge in [-0.25, -0.2) is 4.79 Å². The summed E-state index contributed by atoms with van der Waals surface area (Å²) < 4.78 is 0. The first kappa shape index (κ1) is 9.52. The lowest BCUT2D eigenvalue weighted by Gasteiger charge is -2.09. The highest BCUT2D eigenvalue weighted by Crippen LogP contribution is 2.26. The molecule has 0 bridgehead atoms. The van der Waals surface area contributed by atoms with E-state index in [-0.39, 0.29) is 0 Å². The molecular formula is C12H12N2O. The lowest BCUT2D eigenvalue weighted by molar-refractivity contribution is 0.259. The first-order valence-corrected chi connectivity index (χ1v) is 4.73. The molecule has 0 saturated carbocycles. The van der Waals surface area contributed by atoms with E-state index < -0.39 is 6.03 Å². The number of carbonyl (C=O) groups is 1. The molecule has 2 aromatic rings. The molecule has 0 atom stereocenters. The zero-order chi connectivity index (χ0) is 10.8. The van der Waals surface area contributed by atoms with Crippen LogP contribution in [0.4, 0.5) is 10.5 Å². The summed E-state index contributed by atoms with van der Waals surface area (Å²) in [6.45, 7) is 1.94. The van der Waals surface area contributed by atoms with Gasteiger partial charge in [-0.3, -0.25) is 0 Å². The number of carbonyl (C=O) groups excluding carboxylic acids is 1. The molecular weight excluding hydrogens is 188 g/mol. The lowest BCUT2D eigenvalue weighted by Crippen LogP contribution is -2.20. The number of benzene rings is 2. The van der Waals surface area contributed by atoms with Crippen molar-refractivity contribution in [1.29, 1.82) is 0 Å². The number of aryl methyl sites for hydroxylation is 1. The fourth-order valence-electron chi connectivity index (χ4n) is 1.67. The Morgan fingerprint density at radius 3 is 2.67 bits per heavy atom. The molecule has 0 saturated heterocycles. The van der Waals surface area contributed by atoms with Crippen molar-refractivity contribution < 1.29 is 4.79 Å². The summed E-state index contributed by atoms with van der Waals surface area (Å²) in [4.78, 5) is 10.9. The van der Waals surface area contributed by atoms with Gasteiger partial charge in [0.15, 0.2) is 0 Å².